The highest BCUT2D eigenvalue weighted by molar-refractivity contribution is 5.96. The van der Waals surface area contributed by atoms with Crippen LogP contribution in [0.5, 0.6) is 5.88 Å². The van der Waals surface area contributed by atoms with Gasteiger partial charge >= 0.3 is 0 Å². The summed E-state index contributed by atoms with van der Waals surface area (Å²) < 4.78 is 10.4. The molecule has 25 heavy (non-hydrogen) atoms. The molecule has 0 spiro atoms. The van der Waals surface area contributed by atoms with Crippen LogP contribution in [0.2, 0.25) is 0 Å². The Hall–Kier alpha value is -2.93. The van der Waals surface area contributed by atoms with Gasteiger partial charge in [-0.15, -0.1) is 0 Å². The van der Waals surface area contributed by atoms with E-state index in [9.17, 15) is 4.79 Å². The third-order valence-electron chi connectivity index (χ3n) is 3.63. The number of nitrogens with one attached hydrogen (secondary N) is 2. The van der Waals surface area contributed by atoms with Crippen LogP contribution in [-0.2, 0) is 11.2 Å². The molecule has 2 heterocycles. The fraction of sp³-hybridized carbons (Fsp3) is 0.278. The molecule has 7 nitrogen and oxygen atoms in total. The molecule has 0 saturated carbocycles. The maximum absolute atomic E-state index is 12.4. The van der Waals surface area contributed by atoms with Gasteiger partial charge in [0.1, 0.15) is 18.0 Å². The van der Waals surface area contributed by atoms with Crippen LogP contribution in [0.25, 0.3) is 11.0 Å². The van der Waals surface area contributed by atoms with Crippen molar-refractivity contribution in [3.8, 4) is 5.88 Å². The summed E-state index contributed by atoms with van der Waals surface area (Å²) in [5.74, 6) is 0.918. The number of ether oxygens (including phenoxy) is 2. The Morgan fingerprint density at radius 2 is 2.08 bits per heavy atom. The lowest BCUT2D eigenvalue weighted by molar-refractivity contribution is 0.0944. The molecule has 3 aromatic rings. The number of H-pyrrole nitrogens is 1. The van der Waals surface area contributed by atoms with Crippen molar-refractivity contribution in [2.24, 2.45) is 0 Å². The quantitative estimate of drug-likeness (QED) is 0.612. The summed E-state index contributed by atoms with van der Waals surface area (Å²) in [4.78, 5) is 24.2. The van der Waals surface area contributed by atoms with Gasteiger partial charge in [-0.05, 0) is 24.3 Å². The molecule has 0 atom stereocenters. The molecular weight excluding hydrogens is 320 g/mol. The second kappa shape index (κ2) is 8.25. The van der Waals surface area contributed by atoms with Crippen LogP contribution in [-0.4, -0.2) is 47.7 Å². The number of carbonyl (C=O) groups excluding carboxylic acids is 1. The van der Waals surface area contributed by atoms with Gasteiger partial charge in [-0.3, -0.25) is 4.79 Å². The van der Waals surface area contributed by atoms with Gasteiger partial charge in [-0.1, -0.05) is 12.1 Å². The predicted octanol–water partition coefficient (Wildman–Crippen LogP) is 1.96. The molecule has 3 rings (SSSR count). The zero-order valence-corrected chi connectivity index (χ0v) is 14.0. The summed E-state index contributed by atoms with van der Waals surface area (Å²) in [5, 5.41) is 2.87. The number of imidazole rings is 1. The molecule has 0 unspecified atom stereocenters. The maximum atomic E-state index is 12.4. The summed E-state index contributed by atoms with van der Waals surface area (Å²) in [6.07, 6.45) is 2.20. The highest BCUT2D eigenvalue weighted by Gasteiger charge is 2.13. The predicted molar refractivity (Wildman–Crippen MR) is 93.7 cm³/mol. The molecule has 0 bridgehead atoms. The van der Waals surface area contributed by atoms with E-state index in [1.165, 1.54) is 0 Å². The minimum atomic E-state index is -0.225. The number of methoxy groups -OCH3 is 1. The number of rotatable bonds is 8. The lowest BCUT2D eigenvalue weighted by Gasteiger charge is -2.10. The minimum absolute atomic E-state index is 0.225. The minimum Gasteiger partial charge on any atom is -0.475 e. The number of nitrogens with zero attached hydrogens (tertiary/aromatic N) is 2. The Morgan fingerprint density at radius 1 is 1.20 bits per heavy atom. The SMILES string of the molecule is COCCOc1ncccc1C(=O)NCCc1nc2ccccc2[nH]1. The molecule has 7 heteroatoms. The highest BCUT2D eigenvalue weighted by atomic mass is 16.5. The summed E-state index contributed by atoms with van der Waals surface area (Å²) >= 11 is 0. The number of fused-ring (bicyclic) bond motifs is 1. The van der Waals surface area contributed by atoms with Gasteiger partial charge in [-0.2, -0.15) is 0 Å². The van der Waals surface area contributed by atoms with Crippen molar-refractivity contribution in [3.05, 3.63) is 54.0 Å². The van der Waals surface area contributed by atoms with Crippen molar-refractivity contribution in [3.63, 3.8) is 0 Å². The van der Waals surface area contributed by atoms with Crippen molar-refractivity contribution in [1.82, 2.24) is 20.3 Å². The Kier molecular flexibility index (Phi) is 5.58. The van der Waals surface area contributed by atoms with E-state index in [2.05, 4.69) is 20.3 Å². The van der Waals surface area contributed by atoms with Crippen LogP contribution in [0.15, 0.2) is 42.6 Å². The van der Waals surface area contributed by atoms with Crippen LogP contribution in [0.4, 0.5) is 0 Å². The van der Waals surface area contributed by atoms with Crippen molar-refractivity contribution >= 4 is 16.9 Å². The standard InChI is InChI=1S/C18H20N4O3/c1-24-11-12-25-18-13(5-4-9-20-18)17(23)19-10-8-16-21-14-6-2-3-7-15(14)22-16/h2-7,9H,8,10-12H2,1H3,(H,19,23)(H,21,22). The Balaban J connectivity index is 1.57. The number of amides is 1. The van der Waals surface area contributed by atoms with Crippen LogP contribution in [0, 0.1) is 0 Å². The van der Waals surface area contributed by atoms with Gasteiger partial charge in [0.15, 0.2) is 0 Å². The first-order valence-corrected chi connectivity index (χ1v) is 8.06. The number of hydrogen-bond donors (Lipinski definition) is 2. The first-order valence-electron chi connectivity index (χ1n) is 8.06. The lowest BCUT2D eigenvalue weighted by Crippen LogP contribution is -2.27. The van der Waals surface area contributed by atoms with Crippen molar-refractivity contribution in [2.75, 3.05) is 26.9 Å². The van der Waals surface area contributed by atoms with Crippen molar-refractivity contribution < 1.29 is 14.3 Å². The molecule has 1 aromatic carbocycles. The van der Waals surface area contributed by atoms with Crippen LogP contribution >= 0.6 is 0 Å². The third kappa shape index (κ3) is 4.33. The van der Waals surface area contributed by atoms with E-state index in [1.54, 1.807) is 25.4 Å². The Morgan fingerprint density at radius 3 is 2.92 bits per heavy atom. The molecule has 2 N–H and O–H groups in total. The molecule has 0 aliphatic carbocycles. The summed E-state index contributed by atoms with van der Waals surface area (Å²) in [7, 11) is 1.59. The van der Waals surface area contributed by atoms with Gasteiger partial charge in [0.2, 0.25) is 5.88 Å². The van der Waals surface area contributed by atoms with E-state index in [0.717, 1.165) is 16.9 Å². The molecule has 0 fully saturated rings. The second-order valence-corrected chi connectivity index (χ2v) is 5.40. The smallest absolute Gasteiger partial charge is 0.256 e. The zero-order chi connectivity index (χ0) is 17.5. The summed E-state index contributed by atoms with van der Waals surface area (Å²) in [6.45, 7) is 1.24. The monoisotopic (exact) mass is 340 g/mol. The molecule has 0 aliphatic rings. The molecule has 0 radical (unpaired) electrons. The molecule has 0 aliphatic heterocycles. The van der Waals surface area contributed by atoms with Crippen molar-refractivity contribution in [1.29, 1.82) is 0 Å². The van der Waals surface area contributed by atoms with E-state index in [0.29, 0.717) is 37.6 Å². The number of aromatic nitrogens is 3. The van der Waals surface area contributed by atoms with E-state index < -0.39 is 0 Å². The average Bonchev–Trinajstić information content (AvgIpc) is 3.05. The Labute approximate surface area is 145 Å². The Bertz CT molecular complexity index is 814. The van der Waals surface area contributed by atoms with E-state index in [-0.39, 0.29) is 5.91 Å². The molecule has 1 amide bonds. The fourth-order valence-electron chi connectivity index (χ4n) is 2.41. The highest BCUT2D eigenvalue weighted by Crippen LogP contribution is 2.14. The van der Waals surface area contributed by atoms with E-state index >= 15 is 0 Å². The second-order valence-electron chi connectivity index (χ2n) is 5.40. The molecule has 2 aromatic heterocycles. The largest absolute Gasteiger partial charge is 0.475 e. The average molecular weight is 340 g/mol. The summed E-state index contributed by atoms with van der Waals surface area (Å²) in [5.41, 5.74) is 2.32. The van der Waals surface area contributed by atoms with Gasteiger partial charge in [0.25, 0.3) is 5.91 Å². The van der Waals surface area contributed by atoms with E-state index in [4.69, 9.17) is 9.47 Å². The normalized spacial score (nSPS) is 10.8. The molecule has 0 saturated heterocycles. The first kappa shape index (κ1) is 16.9. The number of hydrogen-bond acceptors (Lipinski definition) is 5. The van der Waals surface area contributed by atoms with Crippen LogP contribution < -0.4 is 10.1 Å². The molecular formula is C18H20N4O3. The number of para-hydroxylation sites is 2. The van der Waals surface area contributed by atoms with Crippen molar-refractivity contribution in [2.45, 2.75) is 6.42 Å². The number of aromatic amines is 1. The zero-order valence-electron chi connectivity index (χ0n) is 14.0. The molecule has 130 valence electrons. The van der Waals surface area contributed by atoms with Gasteiger partial charge in [0, 0.05) is 26.3 Å². The van der Waals surface area contributed by atoms with Crippen LogP contribution in [0.1, 0.15) is 16.2 Å². The third-order valence-corrected chi connectivity index (χ3v) is 3.63. The number of carbonyl (C=O) groups is 1. The summed E-state index contributed by atoms with van der Waals surface area (Å²) in [6, 6.07) is 11.2. The van der Waals surface area contributed by atoms with Gasteiger partial charge in [0.05, 0.1) is 17.6 Å². The number of pyridine rings is 1. The van der Waals surface area contributed by atoms with Gasteiger partial charge in [-0.25, -0.2) is 9.97 Å². The fourth-order valence-corrected chi connectivity index (χ4v) is 2.41. The number of benzene rings is 1. The van der Waals surface area contributed by atoms with Gasteiger partial charge < -0.3 is 19.8 Å². The first-order chi connectivity index (χ1) is 12.3. The van der Waals surface area contributed by atoms with Crippen LogP contribution in [0.3, 0.4) is 0 Å². The lowest BCUT2D eigenvalue weighted by atomic mass is 10.2. The topological polar surface area (TPSA) is 89.1 Å². The maximum Gasteiger partial charge on any atom is 0.256 e. The van der Waals surface area contributed by atoms with E-state index in [1.807, 2.05) is 24.3 Å².